The van der Waals surface area contributed by atoms with Crippen molar-refractivity contribution in [2.24, 2.45) is 5.92 Å². The molecule has 6 nitrogen and oxygen atoms in total. The number of amides is 1. The van der Waals surface area contributed by atoms with Gasteiger partial charge in [0.25, 0.3) is 0 Å². The highest BCUT2D eigenvalue weighted by Gasteiger charge is 2.73. The molecule has 2 N–H and O–H groups in total. The van der Waals surface area contributed by atoms with Gasteiger partial charge in [-0.05, 0) is 85.5 Å². The van der Waals surface area contributed by atoms with E-state index in [1.54, 1.807) is 17.0 Å². The van der Waals surface area contributed by atoms with Gasteiger partial charge in [-0.2, -0.15) is 13.2 Å². The zero-order valence-corrected chi connectivity index (χ0v) is 26.7. The highest BCUT2D eigenvalue weighted by Crippen LogP contribution is 2.66. The molecule has 1 amide bonds. The van der Waals surface area contributed by atoms with E-state index < -0.39 is 34.9 Å². The lowest BCUT2D eigenvalue weighted by molar-refractivity contribution is -0.201. The maximum atomic E-state index is 14.0. The van der Waals surface area contributed by atoms with Gasteiger partial charge in [-0.3, -0.25) is 9.69 Å². The van der Waals surface area contributed by atoms with Crippen LogP contribution in [0.5, 0.6) is 11.5 Å². The van der Waals surface area contributed by atoms with Gasteiger partial charge in [-0.15, -0.1) is 0 Å². The van der Waals surface area contributed by atoms with Gasteiger partial charge in [0.15, 0.2) is 11.5 Å². The molecule has 4 aliphatic rings. The number of carbonyl (C=O) groups excluding carboxylic acids is 1. The van der Waals surface area contributed by atoms with Crippen LogP contribution in [0.15, 0.2) is 72.8 Å². The fourth-order valence-electron chi connectivity index (χ4n) is 8.97. The third kappa shape index (κ3) is 5.22. The molecule has 9 heteroatoms. The summed E-state index contributed by atoms with van der Waals surface area (Å²) < 4.78 is 46.7. The summed E-state index contributed by atoms with van der Waals surface area (Å²) in [6.45, 7) is 6.00. The van der Waals surface area contributed by atoms with Crippen molar-refractivity contribution in [2.75, 3.05) is 19.6 Å². The van der Waals surface area contributed by atoms with Gasteiger partial charge in [-0.25, -0.2) is 0 Å². The quantitative estimate of drug-likeness (QED) is 0.278. The molecule has 2 bridgehead atoms. The molecule has 1 saturated carbocycles. The Kier molecular flexibility index (Phi) is 7.91. The Balaban J connectivity index is 1.23. The number of hydrogen-bond donors (Lipinski definition) is 2. The van der Waals surface area contributed by atoms with Crippen LogP contribution in [-0.4, -0.2) is 69.3 Å². The molecule has 2 heterocycles. The molecule has 1 saturated heterocycles. The average Bonchev–Trinajstić information content (AvgIpc) is 3.40. The number of nitrogens with zero attached hydrogens (tertiary/aromatic N) is 2. The number of phenols is 1. The fourth-order valence-corrected chi connectivity index (χ4v) is 8.97. The summed E-state index contributed by atoms with van der Waals surface area (Å²) in [6, 6.07) is 18.3. The van der Waals surface area contributed by atoms with Crippen molar-refractivity contribution in [3.05, 3.63) is 101 Å². The first-order valence-electron chi connectivity index (χ1n) is 16.6. The van der Waals surface area contributed by atoms with Crippen LogP contribution in [-0.2, 0) is 29.2 Å². The summed E-state index contributed by atoms with van der Waals surface area (Å²) in [7, 11) is 0. The number of carbonyl (C=O) groups is 1. The summed E-state index contributed by atoms with van der Waals surface area (Å²) in [5.41, 5.74) is 0.755. The number of halogens is 3. The highest BCUT2D eigenvalue weighted by molar-refractivity contribution is 5.92. The predicted molar refractivity (Wildman–Crippen MR) is 173 cm³/mol. The summed E-state index contributed by atoms with van der Waals surface area (Å²) in [4.78, 5) is 18.2. The van der Waals surface area contributed by atoms with E-state index >= 15 is 0 Å². The molecule has 1 spiro atoms. The van der Waals surface area contributed by atoms with Crippen molar-refractivity contribution in [2.45, 2.75) is 81.3 Å². The fraction of sp³-hybridized carbons (Fsp3) is 0.447. The SMILES string of the molecule is CC(C)CN(C(=O)C=Cc1cccc(C(F)(F)F)c1)[C@H]1CC[C@@]2(O)[C@H]3Cc4ccc(O)c5c4[C@@]2(CCN3CCc2ccccc2)[C@H]1O5. The van der Waals surface area contributed by atoms with E-state index in [0.29, 0.717) is 38.0 Å². The number of alkyl halides is 3. The Morgan fingerprint density at radius 1 is 1.11 bits per heavy atom. The molecule has 248 valence electrons. The number of benzene rings is 3. The maximum absolute atomic E-state index is 14.0. The molecule has 0 aromatic heterocycles. The second-order valence-electron chi connectivity index (χ2n) is 14.1. The zero-order chi connectivity index (χ0) is 33.1. The molecule has 3 aromatic carbocycles. The smallest absolute Gasteiger partial charge is 0.416 e. The van der Waals surface area contributed by atoms with Gasteiger partial charge in [0, 0.05) is 30.8 Å². The van der Waals surface area contributed by atoms with E-state index in [0.717, 1.165) is 42.8 Å². The number of hydrogen-bond acceptors (Lipinski definition) is 5. The normalized spacial score (nSPS) is 27.9. The van der Waals surface area contributed by atoms with Gasteiger partial charge >= 0.3 is 6.18 Å². The largest absolute Gasteiger partial charge is 0.504 e. The second kappa shape index (κ2) is 11.7. The molecule has 0 radical (unpaired) electrons. The Bertz CT molecular complexity index is 1690. The summed E-state index contributed by atoms with van der Waals surface area (Å²) >= 11 is 0. The Morgan fingerprint density at radius 2 is 1.89 bits per heavy atom. The van der Waals surface area contributed by atoms with Crippen molar-refractivity contribution >= 4 is 12.0 Å². The molecule has 47 heavy (non-hydrogen) atoms. The van der Waals surface area contributed by atoms with Crippen LogP contribution in [0.2, 0.25) is 0 Å². The molecule has 3 aromatic rings. The predicted octanol–water partition coefficient (Wildman–Crippen LogP) is 6.37. The monoisotopic (exact) mass is 646 g/mol. The Labute approximate surface area is 273 Å². The van der Waals surface area contributed by atoms with Crippen molar-refractivity contribution in [1.29, 1.82) is 0 Å². The highest BCUT2D eigenvalue weighted by atomic mass is 19.4. The zero-order valence-electron chi connectivity index (χ0n) is 26.7. The van der Waals surface area contributed by atoms with E-state index in [1.165, 1.54) is 23.8 Å². The molecule has 5 atom stereocenters. The summed E-state index contributed by atoms with van der Waals surface area (Å²) in [5, 5.41) is 24.0. The van der Waals surface area contributed by atoms with E-state index in [2.05, 4.69) is 17.0 Å². The van der Waals surface area contributed by atoms with Crippen molar-refractivity contribution in [3.8, 4) is 11.5 Å². The third-order valence-corrected chi connectivity index (χ3v) is 10.9. The van der Waals surface area contributed by atoms with Gasteiger partial charge in [-0.1, -0.05) is 62.4 Å². The van der Waals surface area contributed by atoms with Crippen molar-refractivity contribution in [3.63, 3.8) is 0 Å². The van der Waals surface area contributed by atoms with Crippen LogP contribution in [0.1, 0.15) is 60.9 Å². The minimum Gasteiger partial charge on any atom is -0.504 e. The summed E-state index contributed by atoms with van der Waals surface area (Å²) in [6.07, 6.45) is 0.773. The topological polar surface area (TPSA) is 73.2 Å². The van der Waals surface area contributed by atoms with Crippen LogP contribution in [0.25, 0.3) is 6.08 Å². The lowest BCUT2D eigenvalue weighted by atomic mass is 9.48. The number of rotatable bonds is 8. The van der Waals surface area contributed by atoms with Crippen molar-refractivity contribution < 1.29 is 32.9 Å². The minimum absolute atomic E-state index is 0.0322. The maximum Gasteiger partial charge on any atom is 0.416 e. The number of phenolic OH excluding ortho intramolecular Hbond substituents is 1. The molecule has 2 fully saturated rings. The van der Waals surface area contributed by atoms with Gasteiger partial charge in [0.1, 0.15) is 6.10 Å². The van der Waals surface area contributed by atoms with Crippen LogP contribution in [0.3, 0.4) is 0 Å². The third-order valence-electron chi connectivity index (χ3n) is 10.9. The first kappa shape index (κ1) is 31.8. The van der Waals surface area contributed by atoms with E-state index in [9.17, 15) is 28.2 Å². The molecular weight excluding hydrogens is 605 g/mol. The summed E-state index contributed by atoms with van der Waals surface area (Å²) in [5.74, 6) is 0.223. The first-order valence-corrected chi connectivity index (χ1v) is 16.6. The first-order chi connectivity index (χ1) is 22.4. The minimum atomic E-state index is -4.48. The van der Waals surface area contributed by atoms with Gasteiger partial charge in [0.2, 0.25) is 5.91 Å². The second-order valence-corrected chi connectivity index (χ2v) is 14.1. The number of piperidine rings is 1. The lowest BCUT2D eigenvalue weighted by Gasteiger charge is -2.65. The molecule has 2 aliphatic carbocycles. The van der Waals surface area contributed by atoms with E-state index in [1.807, 2.05) is 38.1 Å². The van der Waals surface area contributed by atoms with E-state index in [-0.39, 0.29) is 29.2 Å². The lowest BCUT2D eigenvalue weighted by Crippen LogP contribution is -2.78. The number of likely N-dealkylation sites (tertiary alicyclic amines) is 1. The molecular formula is C38H41F3N2O4. The number of ether oxygens (including phenoxy) is 1. The number of aliphatic hydroxyl groups is 1. The molecule has 2 aliphatic heterocycles. The number of aromatic hydroxyl groups is 1. The Hall–Kier alpha value is -3.82. The average molecular weight is 647 g/mol. The molecule has 0 unspecified atom stereocenters. The standard InChI is InChI=1S/C38H41F3N2O4/c1-24(2)23-43(32(45)14-11-26-9-6-10-28(21-26)38(39,40)41)29-15-17-37(46)31-22-27-12-13-30(44)34-33(27)36(37,35(29)47-34)18-20-42(31)19-16-25-7-4-3-5-8-25/h3-14,21,24,29,31,35,44,46H,15-20,22-23H2,1-2H3/t29-,31+,35-,36-,37+/m0/s1. The van der Waals surface area contributed by atoms with E-state index in [4.69, 9.17) is 4.74 Å². The molecule has 7 rings (SSSR count). The van der Waals surface area contributed by atoms with Gasteiger partial charge in [0.05, 0.1) is 22.6 Å². The van der Waals surface area contributed by atoms with Gasteiger partial charge < -0.3 is 19.8 Å². The van der Waals surface area contributed by atoms with Crippen LogP contribution < -0.4 is 4.74 Å². The van der Waals surface area contributed by atoms with Crippen LogP contribution in [0.4, 0.5) is 13.2 Å². The van der Waals surface area contributed by atoms with Crippen LogP contribution in [0, 0.1) is 5.92 Å². The van der Waals surface area contributed by atoms with Crippen molar-refractivity contribution in [1.82, 2.24) is 9.80 Å². The Morgan fingerprint density at radius 3 is 2.64 bits per heavy atom. The van der Waals surface area contributed by atoms with Crippen LogP contribution >= 0.6 is 0 Å².